The van der Waals surface area contributed by atoms with Crippen LogP contribution in [0.3, 0.4) is 0 Å². The van der Waals surface area contributed by atoms with Gasteiger partial charge in [-0.2, -0.15) is 0 Å². The van der Waals surface area contributed by atoms with E-state index in [9.17, 15) is 4.79 Å². The van der Waals surface area contributed by atoms with Gasteiger partial charge in [-0.15, -0.1) is 0 Å². The van der Waals surface area contributed by atoms with Crippen molar-refractivity contribution < 1.29 is 19.5 Å². The smallest absolute Gasteiger partial charge is 0.410 e. The quantitative estimate of drug-likeness (QED) is 0.654. The van der Waals surface area contributed by atoms with Gasteiger partial charge in [0.2, 0.25) is 0 Å². The van der Waals surface area contributed by atoms with E-state index in [1.54, 1.807) is 19.2 Å². The molecule has 0 fully saturated rings. The van der Waals surface area contributed by atoms with Crippen molar-refractivity contribution in [2.75, 3.05) is 19.5 Å². The van der Waals surface area contributed by atoms with Crippen molar-refractivity contribution in [1.82, 2.24) is 4.98 Å². The van der Waals surface area contributed by atoms with E-state index < -0.39 is 6.09 Å². The average Bonchev–Trinajstić information content (AvgIpc) is 2.53. The monoisotopic (exact) mass is 301 g/mol. The summed E-state index contributed by atoms with van der Waals surface area (Å²) in [6, 6.07) is 10.6. The van der Waals surface area contributed by atoms with Crippen LogP contribution in [-0.2, 0) is 4.84 Å². The van der Waals surface area contributed by atoms with Crippen LogP contribution in [0.5, 0.6) is 5.75 Å². The van der Waals surface area contributed by atoms with Gasteiger partial charge in [0, 0.05) is 17.3 Å². The van der Waals surface area contributed by atoms with Gasteiger partial charge in [0.05, 0.1) is 7.11 Å². The molecule has 0 saturated heterocycles. The maximum atomic E-state index is 10.6. The van der Waals surface area contributed by atoms with E-state index in [-0.39, 0.29) is 5.82 Å². The van der Waals surface area contributed by atoms with Crippen molar-refractivity contribution in [3.05, 3.63) is 53.7 Å². The Morgan fingerprint density at radius 2 is 1.82 bits per heavy atom. The molecular weight excluding hydrogens is 286 g/mol. The number of pyridine rings is 1. The predicted octanol–water partition coefficient (Wildman–Crippen LogP) is 2.58. The van der Waals surface area contributed by atoms with Gasteiger partial charge in [-0.3, -0.25) is 5.32 Å². The molecule has 2 N–H and O–H groups in total. The van der Waals surface area contributed by atoms with Gasteiger partial charge in [0.25, 0.3) is 0 Å². The number of hydrogen-bond donors (Lipinski definition) is 2. The molecule has 0 aliphatic carbocycles. The lowest BCUT2D eigenvalue weighted by Gasteiger charge is -2.08. The fourth-order valence-electron chi connectivity index (χ4n) is 1.83. The number of nitrogens with zero attached hydrogens (tertiary/aromatic N) is 2. The first-order valence-corrected chi connectivity index (χ1v) is 6.36. The second kappa shape index (κ2) is 7.07. The van der Waals surface area contributed by atoms with Crippen LogP contribution in [0, 0.1) is 0 Å². The third-order valence-corrected chi connectivity index (χ3v) is 2.82. The van der Waals surface area contributed by atoms with Crippen LogP contribution in [0.2, 0.25) is 0 Å². The van der Waals surface area contributed by atoms with E-state index in [2.05, 4.69) is 15.5 Å². The second-order valence-electron chi connectivity index (χ2n) is 4.21. The number of ether oxygens (including phenoxy) is 1. The number of oxime groups is 1. The fourth-order valence-corrected chi connectivity index (χ4v) is 1.83. The van der Waals surface area contributed by atoms with Crippen LogP contribution in [0.4, 0.5) is 10.6 Å². The summed E-state index contributed by atoms with van der Waals surface area (Å²) in [5.41, 5.74) is 2.10. The first kappa shape index (κ1) is 15.3. The third kappa shape index (κ3) is 3.72. The van der Waals surface area contributed by atoms with Gasteiger partial charge < -0.3 is 14.7 Å². The third-order valence-electron chi connectivity index (χ3n) is 2.82. The van der Waals surface area contributed by atoms with E-state index in [0.29, 0.717) is 11.3 Å². The Balaban J connectivity index is 2.31. The van der Waals surface area contributed by atoms with Crippen LogP contribution in [0.25, 0.3) is 0 Å². The van der Waals surface area contributed by atoms with Gasteiger partial charge in [-0.1, -0.05) is 5.16 Å². The molecule has 0 saturated carbocycles. The molecule has 0 unspecified atom stereocenters. The molecule has 7 heteroatoms. The number of anilines is 1. The van der Waals surface area contributed by atoms with Crippen LogP contribution in [0.15, 0.2) is 47.8 Å². The number of hydrogen-bond acceptors (Lipinski definition) is 5. The Kier molecular flexibility index (Phi) is 4.92. The minimum Gasteiger partial charge on any atom is -0.497 e. The molecule has 0 radical (unpaired) electrons. The summed E-state index contributed by atoms with van der Waals surface area (Å²) >= 11 is 0. The molecule has 2 aromatic rings. The first-order chi connectivity index (χ1) is 10.6. The number of aromatic nitrogens is 1. The molecule has 1 amide bonds. The summed E-state index contributed by atoms with van der Waals surface area (Å²) in [4.78, 5) is 19.5. The number of benzene rings is 1. The minimum absolute atomic E-state index is 0.239. The molecule has 7 nitrogen and oxygen atoms in total. The highest BCUT2D eigenvalue weighted by molar-refractivity contribution is 6.12. The fraction of sp³-hybridized carbons (Fsp3) is 0.133. The Morgan fingerprint density at radius 3 is 2.32 bits per heavy atom. The molecule has 0 spiro atoms. The van der Waals surface area contributed by atoms with Gasteiger partial charge in [-0.25, -0.2) is 9.78 Å². The summed E-state index contributed by atoms with van der Waals surface area (Å²) in [5.74, 6) is 0.974. The van der Waals surface area contributed by atoms with Crippen molar-refractivity contribution in [3.63, 3.8) is 0 Å². The van der Waals surface area contributed by atoms with E-state index in [4.69, 9.17) is 14.7 Å². The SMILES string of the molecule is CON=C(c1ccc(OC)cc1)c1ccc(NC(=O)O)nc1. The standard InChI is InChI=1S/C15H15N3O4/c1-21-12-6-3-10(4-7-12)14(18-22-2)11-5-8-13(16-9-11)17-15(19)20/h3-9H,1-2H3,(H,16,17)(H,19,20). The summed E-state index contributed by atoms with van der Waals surface area (Å²) in [5, 5.41) is 14.8. The maximum absolute atomic E-state index is 10.6. The molecule has 22 heavy (non-hydrogen) atoms. The first-order valence-electron chi connectivity index (χ1n) is 6.36. The minimum atomic E-state index is -1.17. The molecule has 1 aromatic carbocycles. The van der Waals surface area contributed by atoms with E-state index >= 15 is 0 Å². The Labute approximate surface area is 127 Å². The van der Waals surface area contributed by atoms with Gasteiger partial charge in [-0.05, 0) is 36.4 Å². The lowest BCUT2D eigenvalue weighted by Crippen LogP contribution is -2.10. The van der Waals surface area contributed by atoms with Gasteiger partial charge in [0.1, 0.15) is 24.4 Å². The zero-order valence-electron chi connectivity index (χ0n) is 12.1. The number of carbonyl (C=O) groups is 1. The molecule has 0 bridgehead atoms. The van der Waals surface area contributed by atoms with Crippen molar-refractivity contribution in [1.29, 1.82) is 0 Å². The largest absolute Gasteiger partial charge is 0.497 e. The van der Waals surface area contributed by atoms with Crippen molar-refractivity contribution in [3.8, 4) is 5.75 Å². The van der Waals surface area contributed by atoms with Gasteiger partial charge in [0.15, 0.2) is 0 Å². The molecule has 2 rings (SSSR count). The summed E-state index contributed by atoms with van der Waals surface area (Å²) in [7, 11) is 3.05. The molecule has 114 valence electrons. The zero-order valence-corrected chi connectivity index (χ0v) is 12.1. The van der Waals surface area contributed by atoms with Crippen LogP contribution >= 0.6 is 0 Å². The zero-order chi connectivity index (χ0) is 15.9. The van der Waals surface area contributed by atoms with Gasteiger partial charge >= 0.3 is 6.09 Å². The molecule has 0 aliphatic rings. The molecule has 1 aromatic heterocycles. The number of nitrogens with one attached hydrogen (secondary N) is 1. The summed E-state index contributed by atoms with van der Waals surface area (Å²) < 4.78 is 5.12. The molecule has 0 aliphatic heterocycles. The Bertz CT molecular complexity index is 666. The highest BCUT2D eigenvalue weighted by Gasteiger charge is 2.10. The lowest BCUT2D eigenvalue weighted by molar-refractivity contribution is 0.209. The van der Waals surface area contributed by atoms with E-state index in [1.165, 1.54) is 13.3 Å². The molecular formula is C15H15N3O4. The van der Waals surface area contributed by atoms with Crippen LogP contribution in [0.1, 0.15) is 11.1 Å². The van der Waals surface area contributed by atoms with Crippen LogP contribution in [-0.4, -0.2) is 36.1 Å². The predicted molar refractivity (Wildman–Crippen MR) is 81.5 cm³/mol. The summed E-state index contributed by atoms with van der Waals surface area (Å²) in [6.45, 7) is 0. The van der Waals surface area contributed by atoms with Crippen molar-refractivity contribution >= 4 is 17.6 Å². The molecule has 0 atom stereocenters. The van der Waals surface area contributed by atoms with Crippen molar-refractivity contribution in [2.45, 2.75) is 0 Å². The Hall–Kier alpha value is -3.09. The normalized spacial score (nSPS) is 10.9. The number of methoxy groups -OCH3 is 1. The highest BCUT2D eigenvalue weighted by Crippen LogP contribution is 2.16. The maximum Gasteiger partial charge on any atom is 0.410 e. The second-order valence-corrected chi connectivity index (χ2v) is 4.21. The van der Waals surface area contributed by atoms with Crippen molar-refractivity contribution in [2.24, 2.45) is 5.16 Å². The number of rotatable bonds is 5. The average molecular weight is 301 g/mol. The molecule has 1 heterocycles. The van der Waals surface area contributed by atoms with Crippen LogP contribution < -0.4 is 10.1 Å². The van der Waals surface area contributed by atoms with E-state index in [1.807, 2.05) is 24.3 Å². The number of carboxylic acid groups (broad SMARTS) is 1. The summed E-state index contributed by atoms with van der Waals surface area (Å²) in [6.07, 6.45) is 0.356. The Morgan fingerprint density at radius 1 is 1.14 bits per heavy atom. The topological polar surface area (TPSA) is 93.0 Å². The number of amides is 1. The lowest BCUT2D eigenvalue weighted by atomic mass is 10.0. The van der Waals surface area contributed by atoms with E-state index in [0.717, 1.165) is 11.3 Å². The highest BCUT2D eigenvalue weighted by atomic mass is 16.6.